The number of rotatable bonds is 5. The Morgan fingerprint density at radius 3 is 1.75 bits per heavy atom. The fourth-order valence-corrected chi connectivity index (χ4v) is 2.69. The van der Waals surface area contributed by atoms with Gasteiger partial charge in [-0.25, -0.2) is 4.79 Å². The van der Waals surface area contributed by atoms with Crippen molar-refractivity contribution in [3.8, 4) is 5.75 Å². The molecule has 4 nitrogen and oxygen atoms in total. The molecule has 3 rings (SSSR count). The van der Waals surface area contributed by atoms with Crippen LogP contribution in [0.2, 0.25) is 0 Å². The lowest BCUT2D eigenvalue weighted by Crippen LogP contribution is -2.33. The van der Waals surface area contributed by atoms with Gasteiger partial charge in [-0.3, -0.25) is 0 Å². The predicted octanol–water partition coefficient (Wildman–Crippen LogP) is 5.50. The van der Waals surface area contributed by atoms with Crippen LogP contribution in [0.15, 0.2) is 84.9 Å². The normalized spacial score (nSPS) is 11.1. The van der Waals surface area contributed by atoms with E-state index in [9.17, 15) is 18.0 Å². The lowest BCUT2D eigenvalue weighted by Gasteiger charge is -2.20. The molecular weight excluding hydrogens is 369 g/mol. The summed E-state index contributed by atoms with van der Waals surface area (Å²) in [5.74, 6) is -0.357. The van der Waals surface area contributed by atoms with Gasteiger partial charge in [0.25, 0.3) is 0 Å². The fraction of sp³-hybridized carbons (Fsp3) is 0.0952. The summed E-state index contributed by atoms with van der Waals surface area (Å²) in [4.78, 5) is 12.4. The fourth-order valence-electron chi connectivity index (χ4n) is 2.69. The van der Waals surface area contributed by atoms with Gasteiger partial charge >= 0.3 is 12.4 Å². The number of hydrogen-bond acceptors (Lipinski definition) is 2. The molecule has 0 spiro atoms. The van der Waals surface area contributed by atoms with E-state index in [2.05, 4.69) is 15.4 Å². The maximum absolute atomic E-state index is 12.4. The monoisotopic (exact) mass is 386 g/mol. The van der Waals surface area contributed by atoms with Gasteiger partial charge in [-0.05, 0) is 35.4 Å². The molecule has 0 heterocycles. The van der Waals surface area contributed by atoms with Crippen molar-refractivity contribution in [1.82, 2.24) is 5.32 Å². The number of hydrogen-bond donors (Lipinski definition) is 2. The first-order chi connectivity index (χ1) is 13.4. The standard InChI is InChI=1S/C21H17F3N2O2/c22-21(23,24)28-18-13-11-17(12-14-18)25-20(27)26-19(15-7-3-1-4-8-15)16-9-5-2-6-10-16/h1-14,19H,(H2,25,26,27). The van der Waals surface area contributed by atoms with Crippen LogP contribution in [0.4, 0.5) is 23.7 Å². The van der Waals surface area contributed by atoms with Gasteiger partial charge in [0.15, 0.2) is 0 Å². The van der Waals surface area contributed by atoms with E-state index in [-0.39, 0.29) is 11.8 Å². The molecule has 0 aliphatic rings. The minimum atomic E-state index is -4.76. The van der Waals surface area contributed by atoms with Crippen molar-refractivity contribution in [1.29, 1.82) is 0 Å². The summed E-state index contributed by atoms with van der Waals surface area (Å²) in [5, 5.41) is 5.50. The van der Waals surface area contributed by atoms with E-state index in [0.29, 0.717) is 5.69 Å². The van der Waals surface area contributed by atoms with Crippen molar-refractivity contribution in [2.45, 2.75) is 12.4 Å². The number of urea groups is 1. The number of halogens is 3. The second-order valence-electron chi connectivity index (χ2n) is 5.93. The first-order valence-electron chi connectivity index (χ1n) is 8.44. The second-order valence-corrected chi connectivity index (χ2v) is 5.93. The lowest BCUT2D eigenvalue weighted by atomic mass is 9.99. The Morgan fingerprint density at radius 2 is 1.29 bits per heavy atom. The van der Waals surface area contributed by atoms with Gasteiger partial charge < -0.3 is 15.4 Å². The van der Waals surface area contributed by atoms with Gasteiger partial charge in [0.2, 0.25) is 0 Å². The number of anilines is 1. The topological polar surface area (TPSA) is 50.4 Å². The summed E-state index contributed by atoms with van der Waals surface area (Å²) in [6, 6.07) is 23.0. The molecule has 0 aliphatic carbocycles. The molecule has 28 heavy (non-hydrogen) atoms. The van der Waals surface area contributed by atoms with Gasteiger partial charge in [0.1, 0.15) is 5.75 Å². The van der Waals surface area contributed by atoms with Crippen LogP contribution in [0.25, 0.3) is 0 Å². The Hall–Kier alpha value is -3.48. The van der Waals surface area contributed by atoms with Gasteiger partial charge in [-0.2, -0.15) is 0 Å². The number of carbonyl (C=O) groups is 1. The Labute approximate surface area is 160 Å². The number of ether oxygens (including phenoxy) is 1. The van der Waals surface area contributed by atoms with Crippen molar-refractivity contribution in [3.63, 3.8) is 0 Å². The van der Waals surface area contributed by atoms with Gasteiger partial charge in [-0.1, -0.05) is 60.7 Å². The summed E-state index contributed by atoms with van der Waals surface area (Å²) in [6.45, 7) is 0. The largest absolute Gasteiger partial charge is 0.573 e. The maximum Gasteiger partial charge on any atom is 0.573 e. The molecule has 0 atom stereocenters. The summed E-state index contributed by atoms with van der Waals surface area (Å²) < 4.78 is 40.5. The van der Waals surface area contributed by atoms with E-state index in [0.717, 1.165) is 23.3 Å². The van der Waals surface area contributed by atoms with Crippen LogP contribution in [-0.2, 0) is 0 Å². The molecule has 0 bridgehead atoms. The van der Waals surface area contributed by atoms with Gasteiger partial charge in [-0.15, -0.1) is 13.2 Å². The summed E-state index contributed by atoms with van der Waals surface area (Å²) in [7, 11) is 0. The van der Waals surface area contributed by atoms with Crippen LogP contribution in [0.3, 0.4) is 0 Å². The number of carbonyl (C=O) groups excluding carboxylic acids is 1. The molecule has 0 aliphatic heterocycles. The average Bonchev–Trinajstić information content (AvgIpc) is 2.68. The van der Waals surface area contributed by atoms with E-state index < -0.39 is 12.4 Å². The molecule has 0 saturated heterocycles. The highest BCUT2D eigenvalue weighted by Crippen LogP contribution is 2.25. The maximum atomic E-state index is 12.4. The molecule has 2 N–H and O–H groups in total. The first kappa shape index (κ1) is 19.3. The highest BCUT2D eigenvalue weighted by atomic mass is 19.4. The first-order valence-corrected chi connectivity index (χ1v) is 8.44. The highest BCUT2D eigenvalue weighted by Gasteiger charge is 2.31. The van der Waals surface area contributed by atoms with Crippen LogP contribution in [0, 0.1) is 0 Å². The van der Waals surface area contributed by atoms with Gasteiger partial charge in [0.05, 0.1) is 6.04 Å². The lowest BCUT2D eigenvalue weighted by molar-refractivity contribution is -0.274. The predicted molar refractivity (Wildman–Crippen MR) is 100 cm³/mol. The van der Waals surface area contributed by atoms with Crippen LogP contribution in [0.5, 0.6) is 5.75 Å². The van der Waals surface area contributed by atoms with E-state index in [1.807, 2.05) is 60.7 Å². The Bertz CT molecular complexity index is 859. The summed E-state index contributed by atoms with van der Waals surface area (Å²) >= 11 is 0. The SMILES string of the molecule is O=C(Nc1ccc(OC(F)(F)F)cc1)NC(c1ccccc1)c1ccccc1. The van der Waals surface area contributed by atoms with Crippen molar-refractivity contribution in [2.24, 2.45) is 0 Å². The van der Waals surface area contributed by atoms with Crippen LogP contribution in [0.1, 0.15) is 17.2 Å². The van der Waals surface area contributed by atoms with Gasteiger partial charge in [0, 0.05) is 5.69 Å². The van der Waals surface area contributed by atoms with Crippen molar-refractivity contribution >= 4 is 11.7 Å². The van der Waals surface area contributed by atoms with E-state index in [1.165, 1.54) is 12.1 Å². The molecule has 7 heteroatoms. The number of benzene rings is 3. The van der Waals surface area contributed by atoms with Crippen molar-refractivity contribution < 1.29 is 22.7 Å². The Balaban J connectivity index is 1.71. The third kappa shape index (κ3) is 5.51. The van der Waals surface area contributed by atoms with Crippen LogP contribution < -0.4 is 15.4 Å². The highest BCUT2D eigenvalue weighted by molar-refractivity contribution is 5.89. The third-order valence-corrected chi connectivity index (χ3v) is 3.89. The van der Waals surface area contributed by atoms with E-state index >= 15 is 0 Å². The zero-order valence-electron chi connectivity index (χ0n) is 14.6. The summed E-state index contributed by atoms with van der Waals surface area (Å²) in [6.07, 6.45) is -4.76. The molecule has 0 aromatic heterocycles. The molecule has 0 radical (unpaired) electrons. The molecule has 0 unspecified atom stereocenters. The number of alkyl halides is 3. The zero-order valence-corrected chi connectivity index (χ0v) is 14.6. The number of nitrogens with one attached hydrogen (secondary N) is 2. The summed E-state index contributed by atoms with van der Waals surface area (Å²) in [5.41, 5.74) is 2.14. The molecule has 3 aromatic carbocycles. The van der Waals surface area contributed by atoms with Crippen molar-refractivity contribution in [2.75, 3.05) is 5.32 Å². The van der Waals surface area contributed by atoms with Crippen LogP contribution in [-0.4, -0.2) is 12.4 Å². The van der Waals surface area contributed by atoms with E-state index in [4.69, 9.17) is 0 Å². The Kier molecular flexibility index (Phi) is 5.84. The van der Waals surface area contributed by atoms with E-state index in [1.54, 1.807) is 0 Å². The second kappa shape index (κ2) is 8.47. The van der Waals surface area contributed by atoms with Crippen molar-refractivity contribution in [3.05, 3.63) is 96.1 Å². The molecule has 0 saturated carbocycles. The smallest absolute Gasteiger partial charge is 0.406 e. The molecule has 2 amide bonds. The number of amides is 2. The average molecular weight is 386 g/mol. The minimum Gasteiger partial charge on any atom is -0.406 e. The molecule has 144 valence electrons. The molecule has 3 aromatic rings. The quantitative estimate of drug-likeness (QED) is 0.609. The third-order valence-electron chi connectivity index (χ3n) is 3.89. The zero-order chi connectivity index (χ0) is 20.0. The molecular formula is C21H17F3N2O2. The Morgan fingerprint density at radius 1 is 0.786 bits per heavy atom. The van der Waals surface area contributed by atoms with Crippen LogP contribution >= 0.6 is 0 Å². The molecule has 0 fully saturated rings. The minimum absolute atomic E-state index is 0.340.